The fourth-order valence-electron chi connectivity index (χ4n) is 2.42. The number of piperidine rings is 1. The molecule has 1 aliphatic heterocycles. The molecule has 0 aromatic rings. The van der Waals surface area contributed by atoms with Crippen LogP contribution in [0.5, 0.6) is 0 Å². The van der Waals surface area contributed by atoms with Gasteiger partial charge >= 0.3 is 0 Å². The van der Waals surface area contributed by atoms with Crippen LogP contribution >= 0.6 is 0 Å². The molecule has 106 valence electrons. The molecule has 1 heterocycles. The van der Waals surface area contributed by atoms with Gasteiger partial charge in [-0.25, -0.2) is 0 Å². The molecule has 0 aliphatic carbocycles. The number of oxime groups is 1. The van der Waals surface area contributed by atoms with Crippen molar-refractivity contribution in [1.29, 1.82) is 0 Å². The topological polar surface area (TPSA) is 73.9 Å². The highest BCUT2D eigenvalue weighted by Crippen LogP contribution is 2.15. The van der Waals surface area contributed by atoms with Gasteiger partial charge in [0.1, 0.15) is 5.84 Å². The number of hydrogen-bond acceptors (Lipinski definition) is 4. The van der Waals surface area contributed by atoms with Crippen molar-refractivity contribution in [3.05, 3.63) is 0 Å². The molecular formula is C13H28N4O. The molecule has 2 atom stereocenters. The highest BCUT2D eigenvalue weighted by molar-refractivity contribution is 5.82. The predicted molar refractivity (Wildman–Crippen MR) is 74.9 cm³/mol. The lowest BCUT2D eigenvalue weighted by Gasteiger charge is -2.33. The fraction of sp³-hybridized carbons (Fsp3) is 0.923. The quantitative estimate of drug-likeness (QED) is 0.210. The summed E-state index contributed by atoms with van der Waals surface area (Å²) in [6, 6.07) is 0.745. The van der Waals surface area contributed by atoms with Gasteiger partial charge in [0.2, 0.25) is 0 Å². The summed E-state index contributed by atoms with van der Waals surface area (Å²) in [4.78, 5) is 2.58. The lowest BCUT2D eigenvalue weighted by Crippen LogP contribution is -2.39. The molecule has 0 saturated carbocycles. The van der Waals surface area contributed by atoms with E-state index in [0.29, 0.717) is 5.84 Å². The van der Waals surface area contributed by atoms with Gasteiger partial charge in [0.15, 0.2) is 0 Å². The Hall–Kier alpha value is -0.810. The summed E-state index contributed by atoms with van der Waals surface area (Å²) in [5, 5.41) is 14.9. The molecule has 5 nitrogen and oxygen atoms in total. The second-order valence-electron chi connectivity index (χ2n) is 5.36. The first-order valence-corrected chi connectivity index (χ1v) is 7.07. The van der Waals surface area contributed by atoms with E-state index in [1.165, 1.54) is 32.4 Å². The van der Waals surface area contributed by atoms with Gasteiger partial charge in [-0.15, -0.1) is 0 Å². The van der Waals surface area contributed by atoms with Gasteiger partial charge in [0.05, 0.1) is 0 Å². The Morgan fingerprint density at radius 3 is 3.00 bits per heavy atom. The number of rotatable bonds is 7. The molecule has 0 bridgehead atoms. The van der Waals surface area contributed by atoms with Crippen LogP contribution in [0, 0.1) is 5.92 Å². The summed E-state index contributed by atoms with van der Waals surface area (Å²) in [7, 11) is 0. The van der Waals surface area contributed by atoms with E-state index in [4.69, 9.17) is 10.9 Å². The zero-order chi connectivity index (χ0) is 13.4. The summed E-state index contributed by atoms with van der Waals surface area (Å²) in [5.74, 6) is 0.385. The number of hydrogen-bond donors (Lipinski definition) is 3. The second kappa shape index (κ2) is 8.32. The first-order valence-electron chi connectivity index (χ1n) is 7.07. The predicted octanol–water partition coefficient (Wildman–Crippen LogP) is 1.22. The van der Waals surface area contributed by atoms with E-state index in [2.05, 4.69) is 22.3 Å². The second-order valence-corrected chi connectivity index (χ2v) is 5.36. The molecule has 1 rings (SSSR count). The number of nitrogens with two attached hydrogens (primary N) is 1. The van der Waals surface area contributed by atoms with Crippen LogP contribution in [0.2, 0.25) is 0 Å². The van der Waals surface area contributed by atoms with Gasteiger partial charge < -0.3 is 21.2 Å². The summed E-state index contributed by atoms with van der Waals surface area (Å²) in [5.41, 5.74) is 5.52. The van der Waals surface area contributed by atoms with Crippen molar-refractivity contribution in [2.75, 3.05) is 26.2 Å². The van der Waals surface area contributed by atoms with E-state index < -0.39 is 0 Å². The Labute approximate surface area is 110 Å². The highest BCUT2D eigenvalue weighted by atomic mass is 16.4. The third-order valence-electron chi connectivity index (χ3n) is 3.81. The molecular weight excluding hydrogens is 228 g/mol. The Bertz CT molecular complexity index is 257. The van der Waals surface area contributed by atoms with E-state index in [1.807, 2.05) is 6.92 Å². The van der Waals surface area contributed by atoms with Crippen LogP contribution in [0.4, 0.5) is 0 Å². The molecule has 18 heavy (non-hydrogen) atoms. The Balaban J connectivity index is 2.04. The van der Waals surface area contributed by atoms with Crippen molar-refractivity contribution in [3.63, 3.8) is 0 Å². The van der Waals surface area contributed by atoms with Crippen LogP contribution in [0.25, 0.3) is 0 Å². The third-order valence-corrected chi connectivity index (χ3v) is 3.81. The molecule has 4 N–H and O–H groups in total. The van der Waals surface area contributed by atoms with Crippen molar-refractivity contribution >= 4 is 5.84 Å². The molecule has 0 aromatic carbocycles. The largest absolute Gasteiger partial charge is 0.409 e. The summed E-state index contributed by atoms with van der Waals surface area (Å²) in [6.45, 7) is 8.47. The van der Waals surface area contributed by atoms with Crippen LogP contribution < -0.4 is 11.1 Å². The van der Waals surface area contributed by atoms with Crippen LogP contribution in [-0.4, -0.2) is 48.2 Å². The molecule has 0 radical (unpaired) electrons. The van der Waals surface area contributed by atoms with E-state index in [1.54, 1.807) is 0 Å². The first-order chi connectivity index (χ1) is 8.65. The summed E-state index contributed by atoms with van der Waals surface area (Å²) >= 11 is 0. The molecule has 1 saturated heterocycles. The SMILES string of the molecule is CC(CNCCCN1CCCCC1C)C(N)=NO. The molecule has 0 spiro atoms. The molecule has 1 fully saturated rings. The van der Waals surface area contributed by atoms with Crippen LogP contribution in [0.3, 0.4) is 0 Å². The average molecular weight is 256 g/mol. The van der Waals surface area contributed by atoms with Gasteiger partial charge in [-0.1, -0.05) is 18.5 Å². The number of amidine groups is 1. The van der Waals surface area contributed by atoms with Crippen LogP contribution in [-0.2, 0) is 0 Å². The minimum absolute atomic E-state index is 0.0870. The van der Waals surface area contributed by atoms with Gasteiger partial charge in [-0.2, -0.15) is 0 Å². The normalized spacial score (nSPS) is 24.1. The van der Waals surface area contributed by atoms with Gasteiger partial charge in [-0.3, -0.25) is 0 Å². The summed E-state index contributed by atoms with van der Waals surface area (Å²) in [6.07, 6.45) is 5.23. The van der Waals surface area contributed by atoms with Gasteiger partial charge in [0.25, 0.3) is 0 Å². The lowest BCUT2D eigenvalue weighted by atomic mass is 10.0. The van der Waals surface area contributed by atoms with E-state index in [0.717, 1.165) is 25.6 Å². The van der Waals surface area contributed by atoms with Crippen molar-refractivity contribution in [2.45, 2.75) is 45.6 Å². The van der Waals surface area contributed by atoms with Crippen LogP contribution in [0.15, 0.2) is 5.16 Å². The standard InChI is InChI=1S/C13H28N4O/c1-11(13(14)16-18)10-15-7-5-9-17-8-4-3-6-12(17)2/h11-12,15,18H,3-10H2,1-2H3,(H2,14,16). The van der Waals surface area contributed by atoms with Gasteiger partial charge in [0, 0.05) is 18.5 Å². The molecule has 0 aromatic heterocycles. The molecule has 5 heteroatoms. The molecule has 0 amide bonds. The first kappa shape index (κ1) is 15.2. The Morgan fingerprint density at radius 1 is 1.56 bits per heavy atom. The zero-order valence-electron chi connectivity index (χ0n) is 11.7. The van der Waals surface area contributed by atoms with Gasteiger partial charge in [-0.05, 0) is 45.8 Å². The number of likely N-dealkylation sites (tertiary alicyclic amines) is 1. The highest BCUT2D eigenvalue weighted by Gasteiger charge is 2.17. The van der Waals surface area contributed by atoms with Crippen molar-refractivity contribution in [2.24, 2.45) is 16.8 Å². The minimum atomic E-state index is 0.0870. The fourth-order valence-corrected chi connectivity index (χ4v) is 2.42. The van der Waals surface area contributed by atoms with Crippen molar-refractivity contribution in [1.82, 2.24) is 10.2 Å². The molecule has 1 aliphatic rings. The van der Waals surface area contributed by atoms with Crippen molar-refractivity contribution in [3.8, 4) is 0 Å². The zero-order valence-corrected chi connectivity index (χ0v) is 11.7. The van der Waals surface area contributed by atoms with E-state index >= 15 is 0 Å². The maximum absolute atomic E-state index is 8.54. The number of nitrogens with one attached hydrogen (secondary N) is 1. The van der Waals surface area contributed by atoms with Crippen LogP contribution in [0.1, 0.15) is 39.5 Å². The average Bonchev–Trinajstić information content (AvgIpc) is 2.39. The maximum Gasteiger partial charge on any atom is 0.143 e. The van der Waals surface area contributed by atoms with E-state index in [9.17, 15) is 0 Å². The number of nitrogens with zero attached hydrogens (tertiary/aromatic N) is 2. The Morgan fingerprint density at radius 2 is 2.33 bits per heavy atom. The maximum atomic E-state index is 8.54. The minimum Gasteiger partial charge on any atom is -0.409 e. The van der Waals surface area contributed by atoms with Crippen molar-refractivity contribution < 1.29 is 5.21 Å². The Kier molecular flexibility index (Phi) is 7.05. The molecule has 2 unspecified atom stereocenters. The van der Waals surface area contributed by atoms with E-state index in [-0.39, 0.29) is 5.92 Å². The lowest BCUT2D eigenvalue weighted by molar-refractivity contribution is 0.159. The monoisotopic (exact) mass is 256 g/mol. The smallest absolute Gasteiger partial charge is 0.143 e. The third kappa shape index (κ3) is 5.23. The summed E-state index contributed by atoms with van der Waals surface area (Å²) < 4.78 is 0.